The highest BCUT2D eigenvalue weighted by Gasteiger charge is 2.26. The van der Waals surface area contributed by atoms with E-state index in [-0.39, 0.29) is 12.5 Å². The van der Waals surface area contributed by atoms with Crippen LogP contribution in [0.1, 0.15) is 36.7 Å². The summed E-state index contributed by atoms with van der Waals surface area (Å²) in [6.07, 6.45) is 0. The maximum absolute atomic E-state index is 12.5. The number of esters is 1. The van der Waals surface area contributed by atoms with E-state index >= 15 is 0 Å². The number of anilines is 1. The van der Waals surface area contributed by atoms with Crippen LogP contribution in [-0.2, 0) is 21.4 Å². The number of carbonyl (C=O) groups is 2. The van der Waals surface area contributed by atoms with E-state index in [4.69, 9.17) is 16.3 Å². The first-order chi connectivity index (χ1) is 12.2. The van der Waals surface area contributed by atoms with Crippen molar-refractivity contribution in [2.24, 2.45) is 13.0 Å². The molecule has 0 aliphatic rings. The number of rotatable bonds is 6. The molecule has 0 radical (unpaired) electrons. The normalized spacial score (nSPS) is 12.1. The van der Waals surface area contributed by atoms with Gasteiger partial charge in [-0.25, -0.2) is 0 Å². The van der Waals surface area contributed by atoms with E-state index in [1.54, 1.807) is 36.0 Å². The molecule has 0 fully saturated rings. The average molecular weight is 378 g/mol. The fourth-order valence-electron chi connectivity index (χ4n) is 2.82. The lowest BCUT2D eigenvalue weighted by atomic mass is 9.88. The number of carbonyl (C=O) groups excluding carboxylic acids is 2. The first-order valence-electron chi connectivity index (χ1n) is 8.42. The van der Waals surface area contributed by atoms with Crippen molar-refractivity contribution in [1.29, 1.82) is 0 Å². The van der Waals surface area contributed by atoms with Crippen LogP contribution in [0.3, 0.4) is 0 Å². The van der Waals surface area contributed by atoms with Crippen molar-refractivity contribution in [1.82, 2.24) is 9.78 Å². The van der Waals surface area contributed by atoms with E-state index in [1.165, 1.54) is 0 Å². The van der Waals surface area contributed by atoms with Gasteiger partial charge in [0.1, 0.15) is 0 Å². The van der Waals surface area contributed by atoms with Gasteiger partial charge in [0.15, 0.2) is 6.61 Å². The van der Waals surface area contributed by atoms with E-state index in [1.807, 2.05) is 27.7 Å². The lowest BCUT2D eigenvalue weighted by Crippen LogP contribution is -2.26. The number of aromatic nitrogens is 2. The SMILES string of the molecule is Cc1nn(C)c(C)c1NC(=O)COC(=O)[C@H](c1ccc(Cl)cc1)C(C)C. The van der Waals surface area contributed by atoms with E-state index in [2.05, 4.69) is 10.4 Å². The molecule has 140 valence electrons. The molecule has 0 unspecified atom stereocenters. The van der Waals surface area contributed by atoms with Crippen molar-refractivity contribution in [2.75, 3.05) is 11.9 Å². The molecule has 0 aliphatic carbocycles. The molecule has 1 aromatic carbocycles. The molecule has 0 bridgehead atoms. The van der Waals surface area contributed by atoms with Crippen LogP contribution in [0.5, 0.6) is 0 Å². The zero-order valence-corrected chi connectivity index (χ0v) is 16.4. The van der Waals surface area contributed by atoms with Gasteiger partial charge in [0, 0.05) is 12.1 Å². The maximum Gasteiger partial charge on any atom is 0.314 e. The van der Waals surface area contributed by atoms with Crippen LogP contribution in [0.25, 0.3) is 0 Å². The highest BCUT2D eigenvalue weighted by Crippen LogP contribution is 2.27. The first kappa shape index (κ1) is 20.0. The van der Waals surface area contributed by atoms with Crippen molar-refractivity contribution < 1.29 is 14.3 Å². The Bertz CT molecular complexity index is 797. The maximum atomic E-state index is 12.5. The van der Waals surface area contributed by atoms with Crippen LogP contribution in [0.4, 0.5) is 5.69 Å². The number of benzene rings is 1. The molecule has 0 spiro atoms. The minimum atomic E-state index is -0.457. The molecule has 6 nitrogen and oxygen atoms in total. The van der Waals surface area contributed by atoms with Crippen molar-refractivity contribution in [3.05, 3.63) is 46.2 Å². The highest BCUT2D eigenvalue weighted by molar-refractivity contribution is 6.30. The van der Waals surface area contributed by atoms with Crippen LogP contribution in [0.2, 0.25) is 5.02 Å². The van der Waals surface area contributed by atoms with Gasteiger partial charge in [-0.3, -0.25) is 14.3 Å². The number of nitrogens with zero attached hydrogens (tertiary/aromatic N) is 2. The minimum absolute atomic E-state index is 0.0227. The summed E-state index contributed by atoms with van der Waals surface area (Å²) in [5.41, 5.74) is 3.01. The summed E-state index contributed by atoms with van der Waals surface area (Å²) < 4.78 is 6.95. The van der Waals surface area contributed by atoms with Gasteiger partial charge < -0.3 is 10.1 Å². The molecule has 1 heterocycles. The van der Waals surface area contributed by atoms with Gasteiger partial charge in [-0.2, -0.15) is 5.10 Å². The second-order valence-electron chi connectivity index (χ2n) is 6.60. The van der Waals surface area contributed by atoms with Crippen molar-refractivity contribution in [3.63, 3.8) is 0 Å². The van der Waals surface area contributed by atoms with Crippen LogP contribution >= 0.6 is 11.6 Å². The number of hydrogen-bond acceptors (Lipinski definition) is 4. The zero-order chi connectivity index (χ0) is 19.4. The highest BCUT2D eigenvalue weighted by atomic mass is 35.5. The van der Waals surface area contributed by atoms with Crippen molar-refractivity contribution in [2.45, 2.75) is 33.6 Å². The molecule has 1 N–H and O–H groups in total. The summed E-state index contributed by atoms with van der Waals surface area (Å²) in [7, 11) is 1.80. The molecule has 7 heteroatoms. The summed E-state index contributed by atoms with van der Waals surface area (Å²) in [5, 5.41) is 7.60. The number of nitrogens with one attached hydrogen (secondary N) is 1. The fourth-order valence-corrected chi connectivity index (χ4v) is 2.95. The summed E-state index contributed by atoms with van der Waals surface area (Å²) in [6.45, 7) is 7.19. The lowest BCUT2D eigenvalue weighted by Gasteiger charge is -2.20. The van der Waals surface area contributed by atoms with Crippen LogP contribution in [0.15, 0.2) is 24.3 Å². The van der Waals surface area contributed by atoms with Gasteiger partial charge in [-0.05, 0) is 37.5 Å². The Kier molecular flexibility index (Phi) is 6.42. The van der Waals surface area contributed by atoms with Gasteiger partial charge in [0.05, 0.1) is 23.0 Å². The molecule has 2 aromatic rings. The smallest absolute Gasteiger partial charge is 0.314 e. The van der Waals surface area contributed by atoms with E-state index in [9.17, 15) is 9.59 Å². The first-order valence-corrected chi connectivity index (χ1v) is 8.80. The molecule has 0 saturated heterocycles. The number of amides is 1. The second kappa shape index (κ2) is 8.36. The number of halogens is 1. The molecule has 1 atom stereocenters. The Morgan fingerprint density at radius 3 is 2.35 bits per heavy atom. The number of ether oxygens (including phenoxy) is 1. The predicted molar refractivity (Wildman–Crippen MR) is 101 cm³/mol. The monoisotopic (exact) mass is 377 g/mol. The van der Waals surface area contributed by atoms with Crippen molar-refractivity contribution in [3.8, 4) is 0 Å². The lowest BCUT2D eigenvalue weighted by molar-refractivity contribution is -0.149. The predicted octanol–water partition coefficient (Wildman–Crippen LogP) is 3.61. The quantitative estimate of drug-likeness (QED) is 0.780. The molecule has 2 rings (SSSR count). The Labute approximate surface area is 158 Å². The van der Waals surface area contributed by atoms with Crippen LogP contribution in [0, 0.1) is 19.8 Å². The Morgan fingerprint density at radius 2 is 1.85 bits per heavy atom. The topological polar surface area (TPSA) is 73.2 Å². The summed E-state index contributed by atoms with van der Waals surface area (Å²) in [6, 6.07) is 7.08. The van der Waals surface area contributed by atoms with E-state index in [0.29, 0.717) is 16.4 Å². The third-order valence-electron chi connectivity index (χ3n) is 4.27. The third-order valence-corrected chi connectivity index (χ3v) is 4.52. The molecule has 26 heavy (non-hydrogen) atoms. The van der Waals surface area contributed by atoms with Gasteiger partial charge in [0.2, 0.25) is 0 Å². The number of hydrogen-bond donors (Lipinski definition) is 1. The average Bonchev–Trinajstić information content (AvgIpc) is 2.81. The molecule has 0 aliphatic heterocycles. The largest absolute Gasteiger partial charge is 0.455 e. The molecule has 1 amide bonds. The summed E-state index contributed by atoms with van der Waals surface area (Å²) in [5.74, 6) is -1.26. The van der Waals surface area contributed by atoms with Gasteiger partial charge in [-0.15, -0.1) is 0 Å². The summed E-state index contributed by atoms with van der Waals surface area (Å²) in [4.78, 5) is 24.7. The number of aryl methyl sites for hydroxylation is 2. The Morgan fingerprint density at radius 1 is 1.23 bits per heavy atom. The standard InChI is InChI=1S/C19H24ClN3O3/c1-11(2)17(14-6-8-15(20)9-7-14)19(25)26-10-16(24)21-18-12(3)22-23(5)13(18)4/h6-9,11,17H,10H2,1-5H3,(H,21,24)/t17-/m0/s1. The van der Waals surface area contributed by atoms with Gasteiger partial charge in [-0.1, -0.05) is 37.6 Å². The molecular weight excluding hydrogens is 354 g/mol. The third kappa shape index (κ3) is 4.64. The Balaban J connectivity index is 2.01. The molecule has 1 aromatic heterocycles. The molecular formula is C19H24ClN3O3. The van der Waals surface area contributed by atoms with Crippen molar-refractivity contribution >= 4 is 29.2 Å². The van der Waals surface area contributed by atoms with Gasteiger partial charge in [0.25, 0.3) is 5.91 Å². The van der Waals surface area contributed by atoms with Gasteiger partial charge >= 0.3 is 5.97 Å². The minimum Gasteiger partial charge on any atom is -0.455 e. The summed E-state index contributed by atoms with van der Waals surface area (Å²) >= 11 is 5.91. The zero-order valence-electron chi connectivity index (χ0n) is 15.7. The van der Waals surface area contributed by atoms with E-state index < -0.39 is 17.8 Å². The van der Waals surface area contributed by atoms with Crippen LogP contribution < -0.4 is 5.32 Å². The fraction of sp³-hybridized carbons (Fsp3) is 0.421. The Hall–Kier alpha value is -2.34. The second-order valence-corrected chi connectivity index (χ2v) is 7.03. The van der Waals surface area contributed by atoms with E-state index in [0.717, 1.165) is 11.3 Å². The molecule has 0 saturated carbocycles. The van der Waals surface area contributed by atoms with Crippen LogP contribution in [-0.4, -0.2) is 28.3 Å².